The number of aromatic nitrogens is 3. The lowest BCUT2D eigenvalue weighted by Gasteiger charge is -2.12. The molecule has 1 heterocycles. The largest absolute Gasteiger partial charge is 0.508 e. The second-order valence-electron chi connectivity index (χ2n) is 9.28. The van der Waals surface area contributed by atoms with E-state index in [1.54, 1.807) is 31.4 Å². The molecule has 0 unspecified atom stereocenters. The average Bonchev–Trinajstić information content (AvgIpc) is 3.03. The highest BCUT2D eigenvalue weighted by molar-refractivity contribution is 5.94. The molecule has 0 saturated carbocycles. The monoisotopic (exact) mass is 587 g/mol. The van der Waals surface area contributed by atoms with Crippen molar-refractivity contribution < 1.29 is 24.1 Å². The van der Waals surface area contributed by atoms with Crippen molar-refractivity contribution in [2.24, 2.45) is 0 Å². The summed E-state index contributed by atoms with van der Waals surface area (Å²) >= 11 is 0. The van der Waals surface area contributed by atoms with Gasteiger partial charge in [-0.25, -0.2) is 0 Å². The van der Waals surface area contributed by atoms with Gasteiger partial charge < -0.3 is 40.6 Å². The van der Waals surface area contributed by atoms with Crippen LogP contribution in [0.15, 0.2) is 78.9 Å². The van der Waals surface area contributed by atoms with E-state index < -0.39 is 0 Å². The molecule has 12 nitrogen and oxygen atoms in total. The minimum Gasteiger partial charge on any atom is -0.508 e. The Bertz CT molecular complexity index is 1410. The zero-order valence-electron chi connectivity index (χ0n) is 24.1. The molecule has 0 bridgehead atoms. The number of carbonyl (C=O) groups excluding carboxylic acids is 1. The molecule has 0 fully saturated rings. The van der Waals surface area contributed by atoms with Gasteiger partial charge in [0.2, 0.25) is 17.8 Å². The quantitative estimate of drug-likeness (QED) is 0.108. The number of amides is 1. The first-order chi connectivity index (χ1) is 21.1. The van der Waals surface area contributed by atoms with Gasteiger partial charge in [0.05, 0.1) is 33.5 Å². The number of carbonyl (C=O) groups is 1. The highest BCUT2D eigenvalue weighted by Crippen LogP contribution is 2.20. The Labute approximate surface area is 250 Å². The van der Waals surface area contributed by atoms with Gasteiger partial charge in [-0.1, -0.05) is 36.4 Å². The molecule has 0 spiro atoms. The molecule has 3 aromatic carbocycles. The van der Waals surface area contributed by atoms with Gasteiger partial charge >= 0.3 is 0 Å². The number of methoxy groups -OCH3 is 1. The summed E-state index contributed by atoms with van der Waals surface area (Å²) in [4.78, 5) is 25.5. The first-order valence-electron chi connectivity index (χ1n) is 14.0. The maximum Gasteiger partial charge on any atom is 0.251 e. The van der Waals surface area contributed by atoms with Gasteiger partial charge in [-0.3, -0.25) is 4.79 Å². The molecule has 1 aromatic heterocycles. The first-order valence-corrected chi connectivity index (χ1v) is 14.0. The van der Waals surface area contributed by atoms with Crippen LogP contribution in [0, 0.1) is 0 Å². The molecule has 1 amide bonds. The predicted molar refractivity (Wildman–Crippen MR) is 165 cm³/mol. The van der Waals surface area contributed by atoms with Crippen LogP contribution in [0.4, 0.5) is 23.5 Å². The number of nitrogens with zero attached hydrogens (tertiary/aromatic N) is 3. The fourth-order valence-corrected chi connectivity index (χ4v) is 3.89. The van der Waals surface area contributed by atoms with E-state index in [2.05, 4.69) is 36.2 Å². The number of phenols is 1. The van der Waals surface area contributed by atoms with Gasteiger partial charge in [0, 0.05) is 37.0 Å². The molecule has 0 radical (unpaired) electrons. The van der Waals surface area contributed by atoms with Crippen LogP contribution in [0.5, 0.6) is 11.5 Å². The lowest BCUT2D eigenvalue weighted by molar-refractivity contribution is 0.0519. The van der Waals surface area contributed by atoms with Crippen LogP contribution in [0.2, 0.25) is 0 Å². The molecule has 0 aliphatic carbocycles. The molecule has 4 rings (SSSR count). The van der Waals surface area contributed by atoms with E-state index in [-0.39, 0.29) is 11.7 Å². The van der Waals surface area contributed by atoms with Crippen molar-refractivity contribution in [3.8, 4) is 11.5 Å². The number of aromatic hydroxyl groups is 1. The van der Waals surface area contributed by atoms with Crippen molar-refractivity contribution in [1.29, 1.82) is 0 Å². The number of ether oxygens (including phenoxy) is 3. The lowest BCUT2D eigenvalue weighted by Crippen LogP contribution is -2.27. The summed E-state index contributed by atoms with van der Waals surface area (Å²) in [5.41, 5.74) is 2.47. The second kappa shape index (κ2) is 17.1. The molecular formula is C31H37N7O5. The Morgan fingerprint density at radius 3 is 2.14 bits per heavy atom. The van der Waals surface area contributed by atoms with Crippen molar-refractivity contribution >= 4 is 29.4 Å². The van der Waals surface area contributed by atoms with Gasteiger partial charge in [0.25, 0.3) is 5.91 Å². The van der Waals surface area contributed by atoms with Crippen LogP contribution in [0.25, 0.3) is 0 Å². The number of rotatable bonds is 18. The topological polar surface area (TPSA) is 152 Å². The van der Waals surface area contributed by atoms with E-state index in [1.165, 1.54) is 0 Å². The van der Waals surface area contributed by atoms with Gasteiger partial charge in [-0.05, 0) is 48.4 Å². The number of phenolic OH excluding ortho intramolecular Hbond substituents is 1. The third-order valence-electron chi connectivity index (χ3n) is 6.06. The second-order valence-corrected chi connectivity index (χ2v) is 9.28. The van der Waals surface area contributed by atoms with Crippen LogP contribution in [-0.4, -0.2) is 79.1 Å². The Morgan fingerprint density at radius 1 is 0.744 bits per heavy atom. The van der Waals surface area contributed by atoms with E-state index >= 15 is 0 Å². The molecule has 0 aliphatic rings. The van der Waals surface area contributed by atoms with Gasteiger partial charge in [0.1, 0.15) is 11.5 Å². The summed E-state index contributed by atoms with van der Waals surface area (Å²) in [7, 11) is 1.61. The number of hydrogen-bond donors (Lipinski definition) is 5. The number of benzene rings is 3. The Morgan fingerprint density at radius 2 is 1.42 bits per heavy atom. The van der Waals surface area contributed by atoms with Crippen molar-refractivity contribution in [3.05, 3.63) is 90.0 Å². The Balaban J connectivity index is 1.20. The standard InChI is InChI=1S/C31H37N7O5/c1-41-27-9-5-8-25(22-27)35-31-37-29(33-15-14-23-10-12-26(39)13-11-23)36-30(38-31)34-17-19-43-21-20-42-18-16-32-28(40)24-6-3-2-4-7-24/h2-13,22,39H,14-21H2,1H3,(H,32,40)(H3,33,34,35,36,37,38). The fraction of sp³-hybridized carbons (Fsp3) is 0.290. The molecule has 5 N–H and O–H groups in total. The molecular weight excluding hydrogens is 550 g/mol. The third-order valence-corrected chi connectivity index (χ3v) is 6.06. The van der Waals surface area contributed by atoms with Crippen molar-refractivity contribution in [1.82, 2.24) is 20.3 Å². The predicted octanol–water partition coefficient (Wildman–Crippen LogP) is 3.86. The van der Waals surface area contributed by atoms with Crippen molar-refractivity contribution in [2.45, 2.75) is 6.42 Å². The fourth-order valence-electron chi connectivity index (χ4n) is 3.89. The molecule has 12 heteroatoms. The highest BCUT2D eigenvalue weighted by atomic mass is 16.5. The van der Waals surface area contributed by atoms with Gasteiger partial charge in [-0.15, -0.1) is 0 Å². The molecule has 43 heavy (non-hydrogen) atoms. The van der Waals surface area contributed by atoms with Crippen LogP contribution >= 0.6 is 0 Å². The summed E-state index contributed by atoms with van der Waals surface area (Å²) in [5.74, 6) is 1.99. The van der Waals surface area contributed by atoms with Gasteiger partial charge in [0.15, 0.2) is 0 Å². The molecule has 0 aliphatic heterocycles. The average molecular weight is 588 g/mol. The van der Waals surface area contributed by atoms with Crippen LogP contribution in [-0.2, 0) is 15.9 Å². The third kappa shape index (κ3) is 11.1. The molecule has 0 saturated heterocycles. The van der Waals surface area contributed by atoms with E-state index in [1.807, 2.05) is 54.6 Å². The van der Waals surface area contributed by atoms with Crippen molar-refractivity contribution in [3.63, 3.8) is 0 Å². The van der Waals surface area contributed by atoms with E-state index in [4.69, 9.17) is 14.2 Å². The summed E-state index contributed by atoms with van der Waals surface area (Å²) in [6.45, 7) is 3.13. The normalized spacial score (nSPS) is 10.6. The van der Waals surface area contributed by atoms with E-state index in [0.717, 1.165) is 17.7 Å². The van der Waals surface area contributed by atoms with Crippen molar-refractivity contribution in [2.75, 3.05) is 69.1 Å². The summed E-state index contributed by atoms with van der Waals surface area (Å²) in [5, 5.41) is 21.9. The van der Waals surface area contributed by atoms with Crippen LogP contribution in [0.1, 0.15) is 15.9 Å². The summed E-state index contributed by atoms with van der Waals surface area (Å²) in [6.07, 6.45) is 0.725. The van der Waals surface area contributed by atoms with Gasteiger partial charge in [-0.2, -0.15) is 15.0 Å². The minimum atomic E-state index is -0.123. The molecule has 226 valence electrons. The maximum absolute atomic E-state index is 12.0. The Kier molecular flexibility index (Phi) is 12.3. The number of anilines is 4. The number of hydrogen-bond acceptors (Lipinski definition) is 11. The SMILES string of the molecule is COc1cccc(Nc2nc(NCCOCCOCCNC(=O)c3ccccc3)nc(NCCc3ccc(O)cc3)n2)c1. The first kappa shape index (κ1) is 31.0. The maximum atomic E-state index is 12.0. The van der Waals surface area contributed by atoms with E-state index in [0.29, 0.717) is 75.2 Å². The summed E-state index contributed by atoms with van der Waals surface area (Å²) in [6, 6.07) is 23.6. The van der Waals surface area contributed by atoms with Crippen LogP contribution < -0.4 is 26.0 Å². The lowest BCUT2D eigenvalue weighted by atomic mass is 10.1. The minimum absolute atomic E-state index is 0.123. The molecule has 0 atom stereocenters. The smallest absolute Gasteiger partial charge is 0.251 e. The Hall–Kier alpha value is -4.94. The number of nitrogens with one attached hydrogen (secondary N) is 4. The zero-order valence-corrected chi connectivity index (χ0v) is 24.1. The summed E-state index contributed by atoms with van der Waals surface area (Å²) < 4.78 is 16.5. The molecule has 4 aromatic rings. The van der Waals surface area contributed by atoms with Crippen LogP contribution in [0.3, 0.4) is 0 Å². The van der Waals surface area contributed by atoms with E-state index in [9.17, 15) is 9.90 Å². The zero-order chi connectivity index (χ0) is 30.1. The highest BCUT2D eigenvalue weighted by Gasteiger charge is 2.08.